The molecule has 0 unspecified atom stereocenters. The zero-order valence-electron chi connectivity index (χ0n) is 8.66. The second-order valence-corrected chi connectivity index (χ2v) is 4.15. The molecule has 0 saturated carbocycles. The molecule has 18 heavy (non-hydrogen) atoms. The Kier molecular flexibility index (Phi) is 3.12. The fourth-order valence-electron chi connectivity index (χ4n) is 1.29. The highest BCUT2D eigenvalue weighted by molar-refractivity contribution is 7.13. The molecule has 2 aromatic rings. The van der Waals surface area contributed by atoms with E-state index in [0.29, 0.717) is 11.3 Å². The van der Waals surface area contributed by atoms with E-state index >= 15 is 0 Å². The van der Waals surface area contributed by atoms with Crippen LogP contribution in [-0.2, 0) is 0 Å². The van der Waals surface area contributed by atoms with Gasteiger partial charge in [0, 0.05) is 10.9 Å². The lowest BCUT2D eigenvalue weighted by molar-refractivity contribution is -0.275. The Morgan fingerprint density at radius 2 is 2.00 bits per heavy atom. The van der Waals surface area contributed by atoms with Gasteiger partial charge >= 0.3 is 6.36 Å². The number of nitrogens with zero attached hydrogens (tertiary/aromatic N) is 1. The predicted molar refractivity (Wildman–Crippen MR) is 58.6 cm³/mol. The summed E-state index contributed by atoms with van der Waals surface area (Å²) in [6.45, 7) is 0. The number of thiazole rings is 1. The van der Waals surface area contributed by atoms with Gasteiger partial charge in [-0.15, -0.1) is 24.5 Å². The largest absolute Gasteiger partial charge is 0.573 e. The molecular formula is C10H6F4N2OS. The van der Waals surface area contributed by atoms with E-state index in [4.69, 9.17) is 5.73 Å². The lowest BCUT2D eigenvalue weighted by atomic mass is 10.1. The normalized spacial score (nSPS) is 11.6. The van der Waals surface area contributed by atoms with E-state index in [1.807, 2.05) is 0 Å². The number of rotatable bonds is 2. The number of nitrogen functional groups attached to an aromatic ring is 1. The van der Waals surface area contributed by atoms with Crippen LogP contribution >= 0.6 is 11.3 Å². The summed E-state index contributed by atoms with van der Waals surface area (Å²) in [5, 5.41) is 1.83. The number of benzene rings is 1. The molecule has 0 atom stereocenters. The van der Waals surface area contributed by atoms with Crippen molar-refractivity contribution in [2.45, 2.75) is 6.36 Å². The van der Waals surface area contributed by atoms with Gasteiger partial charge in [-0.2, -0.15) is 0 Å². The number of hydrogen-bond acceptors (Lipinski definition) is 4. The Hall–Kier alpha value is -1.83. The van der Waals surface area contributed by atoms with Gasteiger partial charge in [-0.05, 0) is 18.2 Å². The number of aromatic nitrogens is 1. The Balaban J connectivity index is 2.37. The van der Waals surface area contributed by atoms with Crippen molar-refractivity contribution < 1.29 is 22.3 Å². The minimum absolute atomic E-state index is 0.271. The van der Waals surface area contributed by atoms with Crippen LogP contribution in [-0.4, -0.2) is 11.3 Å². The first-order valence-electron chi connectivity index (χ1n) is 4.62. The molecule has 2 N–H and O–H groups in total. The summed E-state index contributed by atoms with van der Waals surface area (Å²) in [6.07, 6.45) is -4.94. The van der Waals surface area contributed by atoms with Gasteiger partial charge in [0.05, 0.1) is 5.69 Å². The lowest BCUT2D eigenvalue weighted by Crippen LogP contribution is -2.18. The molecule has 1 heterocycles. The average Bonchev–Trinajstić information content (AvgIpc) is 2.66. The maximum atomic E-state index is 13.2. The molecule has 0 aliphatic heterocycles. The molecule has 3 nitrogen and oxygen atoms in total. The molecule has 2 rings (SSSR count). The van der Waals surface area contributed by atoms with E-state index in [1.54, 1.807) is 5.38 Å². The van der Waals surface area contributed by atoms with Crippen LogP contribution in [0.5, 0.6) is 5.75 Å². The van der Waals surface area contributed by atoms with E-state index in [2.05, 4.69) is 9.72 Å². The van der Waals surface area contributed by atoms with Crippen molar-refractivity contribution in [3.8, 4) is 17.0 Å². The topological polar surface area (TPSA) is 48.1 Å². The Morgan fingerprint density at radius 3 is 2.56 bits per heavy atom. The van der Waals surface area contributed by atoms with Crippen LogP contribution in [0, 0.1) is 5.82 Å². The zero-order chi connectivity index (χ0) is 13.3. The van der Waals surface area contributed by atoms with Gasteiger partial charge in [0.15, 0.2) is 16.7 Å². The van der Waals surface area contributed by atoms with Gasteiger partial charge in [0.1, 0.15) is 0 Å². The highest BCUT2D eigenvalue weighted by Gasteiger charge is 2.32. The van der Waals surface area contributed by atoms with Crippen molar-refractivity contribution in [1.29, 1.82) is 0 Å². The second-order valence-electron chi connectivity index (χ2n) is 3.26. The second kappa shape index (κ2) is 4.45. The number of ether oxygens (including phenoxy) is 1. The van der Waals surface area contributed by atoms with E-state index in [1.165, 1.54) is 6.07 Å². The van der Waals surface area contributed by atoms with Crippen LogP contribution < -0.4 is 10.5 Å². The number of anilines is 1. The smallest absolute Gasteiger partial charge is 0.403 e. The Morgan fingerprint density at radius 1 is 1.28 bits per heavy atom. The van der Waals surface area contributed by atoms with Gasteiger partial charge in [0.2, 0.25) is 0 Å². The molecule has 1 aromatic carbocycles. The Labute approximate surface area is 103 Å². The highest BCUT2D eigenvalue weighted by Crippen LogP contribution is 2.31. The molecule has 0 spiro atoms. The number of nitrogens with two attached hydrogens (primary N) is 1. The van der Waals surface area contributed by atoms with Crippen LogP contribution in [0.15, 0.2) is 23.6 Å². The third-order valence-corrected chi connectivity index (χ3v) is 2.65. The fraction of sp³-hybridized carbons (Fsp3) is 0.100. The first kappa shape index (κ1) is 12.6. The SMILES string of the molecule is Nc1nc(-c2ccc(F)c(OC(F)(F)F)c2)cs1. The third-order valence-electron chi connectivity index (χ3n) is 1.97. The van der Waals surface area contributed by atoms with Gasteiger partial charge in [-0.25, -0.2) is 9.37 Å². The Bertz CT molecular complexity index is 567. The summed E-state index contributed by atoms with van der Waals surface area (Å²) >= 11 is 1.13. The molecule has 0 fully saturated rings. The summed E-state index contributed by atoms with van der Waals surface area (Å²) in [4.78, 5) is 3.89. The van der Waals surface area contributed by atoms with Crippen LogP contribution in [0.4, 0.5) is 22.7 Å². The summed E-state index contributed by atoms with van der Waals surface area (Å²) < 4.78 is 52.8. The van der Waals surface area contributed by atoms with Crippen molar-refractivity contribution in [2.75, 3.05) is 5.73 Å². The summed E-state index contributed by atoms with van der Waals surface area (Å²) in [5.74, 6) is -1.99. The minimum atomic E-state index is -4.94. The maximum Gasteiger partial charge on any atom is 0.573 e. The van der Waals surface area contributed by atoms with Crippen molar-refractivity contribution >= 4 is 16.5 Å². The molecule has 0 radical (unpaired) electrons. The fourth-order valence-corrected chi connectivity index (χ4v) is 1.86. The number of hydrogen-bond donors (Lipinski definition) is 1. The van der Waals surface area contributed by atoms with Crippen molar-refractivity contribution in [1.82, 2.24) is 4.98 Å². The van der Waals surface area contributed by atoms with Gasteiger partial charge in [-0.1, -0.05) is 0 Å². The first-order chi connectivity index (χ1) is 8.35. The van der Waals surface area contributed by atoms with E-state index in [0.717, 1.165) is 23.5 Å². The number of alkyl halides is 3. The molecule has 0 aliphatic carbocycles. The maximum absolute atomic E-state index is 13.2. The van der Waals surface area contributed by atoms with Gasteiger partial charge in [-0.3, -0.25) is 0 Å². The van der Waals surface area contributed by atoms with E-state index in [-0.39, 0.29) is 5.13 Å². The quantitative estimate of drug-likeness (QED) is 0.856. The molecule has 0 aliphatic rings. The zero-order valence-corrected chi connectivity index (χ0v) is 9.48. The van der Waals surface area contributed by atoms with E-state index < -0.39 is 17.9 Å². The van der Waals surface area contributed by atoms with Crippen molar-refractivity contribution in [2.24, 2.45) is 0 Å². The van der Waals surface area contributed by atoms with Crippen molar-refractivity contribution in [3.63, 3.8) is 0 Å². The van der Waals surface area contributed by atoms with Crippen LogP contribution in [0.2, 0.25) is 0 Å². The van der Waals surface area contributed by atoms with Gasteiger partial charge in [0.25, 0.3) is 0 Å². The third kappa shape index (κ3) is 2.89. The average molecular weight is 278 g/mol. The molecule has 8 heteroatoms. The van der Waals surface area contributed by atoms with Crippen LogP contribution in [0.25, 0.3) is 11.3 Å². The molecule has 1 aromatic heterocycles. The molecule has 0 saturated heterocycles. The molecule has 0 amide bonds. The minimum Gasteiger partial charge on any atom is -0.403 e. The monoisotopic (exact) mass is 278 g/mol. The standard InChI is InChI=1S/C10H6F4N2OS/c11-6-2-1-5(7-4-18-9(15)16-7)3-8(6)17-10(12,13)14/h1-4H,(H2,15,16). The van der Waals surface area contributed by atoms with Crippen LogP contribution in [0.3, 0.4) is 0 Å². The van der Waals surface area contributed by atoms with Gasteiger partial charge < -0.3 is 10.5 Å². The van der Waals surface area contributed by atoms with Crippen LogP contribution in [0.1, 0.15) is 0 Å². The molecule has 0 bridgehead atoms. The summed E-state index contributed by atoms with van der Waals surface area (Å²) in [7, 11) is 0. The van der Waals surface area contributed by atoms with E-state index in [9.17, 15) is 17.6 Å². The lowest BCUT2D eigenvalue weighted by Gasteiger charge is -2.10. The number of halogens is 4. The predicted octanol–water partition coefficient (Wildman–Crippen LogP) is 3.43. The first-order valence-corrected chi connectivity index (χ1v) is 5.50. The molecule has 96 valence electrons. The molecular weight excluding hydrogens is 272 g/mol. The van der Waals surface area contributed by atoms with Crippen molar-refractivity contribution in [3.05, 3.63) is 29.4 Å². The summed E-state index contributed by atoms with van der Waals surface area (Å²) in [5.41, 5.74) is 6.07. The highest BCUT2D eigenvalue weighted by atomic mass is 32.1. The summed E-state index contributed by atoms with van der Waals surface area (Å²) in [6, 6.07) is 3.11.